The predicted molar refractivity (Wildman–Crippen MR) is 100 cm³/mol. The molecule has 0 radical (unpaired) electrons. The predicted octanol–water partition coefficient (Wildman–Crippen LogP) is 3.59. The van der Waals surface area contributed by atoms with Gasteiger partial charge in [0.05, 0.1) is 17.4 Å². The molecule has 2 heterocycles. The van der Waals surface area contributed by atoms with E-state index in [9.17, 15) is 9.59 Å². The summed E-state index contributed by atoms with van der Waals surface area (Å²) in [6.45, 7) is 3.62. The van der Waals surface area contributed by atoms with Crippen molar-refractivity contribution in [1.29, 1.82) is 0 Å². The SMILES string of the molecule is CCOC(=O)C1CCN(C2=NC(=O)/C(=C/c3ccccc3Cl)S2)CC1. The second-order valence-corrected chi connectivity index (χ2v) is 7.26. The van der Waals surface area contributed by atoms with Gasteiger partial charge in [-0.2, -0.15) is 4.99 Å². The third-order valence-corrected chi connectivity index (χ3v) is 5.58. The highest BCUT2D eigenvalue weighted by Gasteiger charge is 2.31. The average molecular weight is 379 g/mol. The van der Waals surface area contributed by atoms with Crippen molar-refractivity contribution in [3.05, 3.63) is 39.8 Å². The molecule has 132 valence electrons. The third-order valence-electron chi connectivity index (χ3n) is 4.19. The Morgan fingerprint density at radius 3 is 2.80 bits per heavy atom. The molecular formula is C18H19ClN2O3S. The summed E-state index contributed by atoms with van der Waals surface area (Å²) in [4.78, 5) is 30.8. The molecule has 25 heavy (non-hydrogen) atoms. The normalized spacial score (nSPS) is 20.1. The maximum absolute atomic E-state index is 12.2. The molecule has 0 bridgehead atoms. The number of hydrogen-bond acceptors (Lipinski definition) is 5. The zero-order chi connectivity index (χ0) is 17.8. The molecule has 0 spiro atoms. The topological polar surface area (TPSA) is 59.0 Å². The molecule has 1 saturated heterocycles. The highest BCUT2D eigenvalue weighted by molar-refractivity contribution is 8.18. The zero-order valence-electron chi connectivity index (χ0n) is 13.9. The number of nitrogens with zero attached hydrogens (tertiary/aromatic N) is 2. The molecule has 7 heteroatoms. The number of likely N-dealkylation sites (tertiary alicyclic amines) is 1. The van der Waals surface area contributed by atoms with Crippen LogP contribution in [0.5, 0.6) is 0 Å². The van der Waals surface area contributed by atoms with Crippen LogP contribution in [-0.2, 0) is 14.3 Å². The second-order valence-electron chi connectivity index (χ2n) is 5.85. The number of piperidine rings is 1. The highest BCUT2D eigenvalue weighted by atomic mass is 35.5. The van der Waals surface area contributed by atoms with Gasteiger partial charge < -0.3 is 9.64 Å². The standard InChI is InChI=1S/C18H19ClN2O3S/c1-2-24-17(23)12-7-9-21(10-8-12)18-20-16(22)15(25-18)11-13-5-3-4-6-14(13)19/h3-6,11-12H,2,7-10H2,1H3/b15-11-. The molecule has 5 nitrogen and oxygen atoms in total. The van der Waals surface area contributed by atoms with Crippen LogP contribution in [0.3, 0.4) is 0 Å². The summed E-state index contributed by atoms with van der Waals surface area (Å²) >= 11 is 7.51. The smallest absolute Gasteiger partial charge is 0.309 e. The van der Waals surface area contributed by atoms with Crippen LogP contribution in [0, 0.1) is 5.92 Å². The first kappa shape index (κ1) is 18.0. The number of amides is 1. The van der Waals surface area contributed by atoms with Gasteiger partial charge in [-0.25, -0.2) is 0 Å². The van der Waals surface area contributed by atoms with Gasteiger partial charge in [-0.15, -0.1) is 0 Å². The molecule has 0 aromatic heterocycles. The number of halogens is 1. The number of ether oxygens (including phenoxy) is 1. The van der Waals surface area contributed by atoms with Crippen LogP contribution in [0.15, 0.2) is 34.2 Å². The van der Waals surface area contributed by atoms with Gasteiger partial charge in [0.15, 0.2) is 5.17 Å². The van der Waals surface area contributed by atoms with Crippen molar-refractivity contribution in [2.75, 3.05) is 19.7 Å². The van der Waals surface area contributed by atoms with E-state index < -0.39 is 0 Å². The summed E-state index contributed by atoms with van der Waals surface area (Å²) in [7, 11) is 0. The van der Waals surface area contributed by atoms with E-state index in [0.29, 0.717) is 34.8 Å². The number of carbonyl (C=O) groups excluding carboxylic acids is 2. The van der Waals surface area contributed by atoms with E-state index in [2.05, 4.69) is 9.89 Å². The molecule has 0 unspecified atom stereocenters. The molecule has 2 aliphatic rings. The fourth-order valence-corrected chi connectivity index (χ4v) is 3.98. The van der Waals surface area contributed by atoms with Gasteiger partial charge >= 0.3 is 5.97 Å². The Balaban J connectivity index is 1.63. The number of thioether (sulfide) groups is 1. The molecule has 0 N–H and O–H groups in total. The first-order valence-electron chi connectivity index (χ1n) is 8.27. The Labute approximate surface area is 156 Å². The van der Waals surface area contributed by atoms with Gasteiger partial charge in [0, 0.05) is 18.1 Å². The largest absolute Gasteiger partial charge is 0.466 e. The van der Waals surface area contributed by atoms with Gasteiger partial charge in [-0.3, -0.25) is 9.59 Å². The molecule has 3 rings (SSSR count). The van der Waals surface area contributed by atoms with E-state index in [1.54, 1.807) is 12.1 Å². The molecule has 1 fully saturated rings. The summed E-state index contributed by atoms with van der Waals surface area (Å²) < 4.78 is 5.09. The van der Waals surface area contributed by atoms with Crippen LogP contribution in [0.25, 0.3) is 6.08 Å². The van der Waals surface area contributed by atoms with Gasteiger partial charge in [-0.05, 0) is 49.2 Å². The first-order valence-corrected chi connectivity index (χ1v) is 9.46. The van der Waals surface area contributed by atoms with Crippen LogP contribution in [0.4, 0.5) is 0 Å². The van der Waals surface area contributed by atoms with Crippen molar-refractivity contribution in [3.8, 4) is 0 Å². The van der Waals surface area contributed by atoms with Crippen molar-refractivity contribution in [2.45, 2.75) is 19.8 Å². The quantitative estimate of drug-likeness (QED) is 0.594. The summed E-state index contributed by atoms with van der Waals surface area (Å²) in [6.07, 6.45) is 3.21. The highest BCUT2D eigenvalue weighted by Crippen LogP contribution is 2.33. The maximum atomic E-state index is 12.2. The third kappa shape index (κ3) is 4.25. The Kier molecular flexibility index (Phi) is 5.81. The molecule has 1 aromatic carbocycles. The van der Waals surface area contributed by atoms with Crippen molar-refractivity contribution in [2.24, 2.45) is 10.9 Å². The molecule has 2 aliphatic heterocycles. The van der Waals surface area contributed by atoms with E-state index in [1.165, 1.54) is 11.8 Å². The van der Waals surface area contributed by atoms with Gasteiger partial charge in [0.1, 0.15) is 0 Å². The van der Waals surface area contributed by atoms with Crippen molar-refractivity contribution in [1.82, 2.24) is 4.90 Å². The number of amidine groups is 1. The summed E-state index contributed by atoms with van der Waals surface area (Å²) in [5.41, 5.74) is 0.803. The Hall–Kier alpha value is -1.79. The van der Waals surface area contributed by atoms with Crippen molar-refractivity contribution in [3.63, 3.8) is 0 Å². The van der Waals surface area contributed by atoms with Crippen LogP contribution >= 0.6 is 23.4 Å². The second kappa shape index (κ2) is 8.06. The van der Waals surface area contributed by atoms with Crippen LogP contribution in [-0.4, -0.2) is 41.6 Å². The summed E-state index contributed by atoms with van der Waals surface area (Å²) in [5.74, 6) is -0.428. The van der Waals surface area contributed by atoms with Gasteiger partial charge in [-0.1, -0.05) is 29.8 Å². The Morgan fingerprint density at radius 1 is 1.40 bits per heavy atom. The number of aliphatic imine (C=N–C) groups is 1. The van der Waals surface area contributed by atoms with Crippen LogP contribution in [0.2, 0.25) is 5.02 Å². The Morgan fingerprint density at radius 2 is 2.12 bits per heavy atom. The lowest BCUT2D eigenvalue weighted by Crippen LogP contribution is -2.39. The van der Waals surface area contributed by atoms with Crippen LogP contribution < -0.4 is 0 Å². The van der Waals surface area contributed by atoms with E-state index in [4.69, 9.17) is 16.3 Å². The fraction of sp³-hybridized carbons (Fsp3) is 0.389. The van der Waals surface area contributed by atoms with E-state index >= 15 is 0 Å². The number of carbonyl (C=O) groups is 2. The van der Waals surface area contributed by atoms with E-state index in [-0.39, 0.29) is 17.8 Å². The lowest BCUT2D eigenvalue weighted by Gasteiger charge is -2.31. The minimum atomic E-state index is -0.243. The number of hydrogen-bond donors (Lipinski definition) is 0. The molecule has 1 amide bonds. The average Bonchev–Trinajstić information content (AvgIpc) is 2.98. The fourth-order valence-electron chi connectivity index (χ4n) is 2.83. The van der Waals surface area contributed by atoms with E-state index in [1.807, 2.05) is 25.1 Å². The number of esters is 1. The lowest BCUT2D eigenvalue weighted by atomic mass is 9.97. The van der Waals surface area contributed by atoms with Gasteiger partial charge in [0.25, 0.3) is 5.91 Å². The van der Waals surface area contributed by atoms with Crippen molar-refractivity contribution < 1.29 is 14.3 Å². The molecule has 0 saturated carbocycles. The molecule has 0 atom stereocenters. The zero-order valence-corrected chi connectivity index (χ0v) is 15.5. The van der Waals surface area contributed by atoms with E-state index in [0.717, 1.165) is 18.4 Å². The summed E-state index contributed by atoms with van der Waals surface area (Å²) in [5, 5.41) is 1.30. The van der Waals surface area contributed by atoms with Gasteiger partial charge in [0.2, 0.25) is 0 Å². The minimum absolute atomic E-state index is 0.0583. The minimum Gasteiger partial charge on any atom is -0.466 e. The monoisotopic (exact) mass is 378 g/mol. The first-order chi connectivity index (χ1) is 12.1. The lowest BCUT2D eigenvalue weighted by molar-refractivity contribution is -0.149. The maximum Gasteiger partial charge on any atom is 0.309 e. The Bertz CT molecular complexity index is 740. The molecular weight excluding hydrogens is 360 g/mol. The van der Waals surface area contributed by atoms with Crippen LogP contribution in [0.1, 0.15) is 25.3 Å². The number of rotatable bonds is 3. The molecule has 0 aliphatic carbocycles. The molecule has 1 aromatic rings. The van der Waals surface area contributed by atoms with Crippen molar-refractivity contribution >= 4 is 46.5 Å². The summed E-state index contributed by atoms with van der Waals surface area (Å²) in [6, 6.07) is 7.39. The number of benzene rings is 1.